The fourth-order valence-corrected chi connectivity index (χ4v) is 2.57. The molecule has 0 aliphatic carbocycles. The van der Waals surface area contributed by atoms with Gasteiger partial charge >= 0.3 is 6.36 Å². The van der Waals surface area contributed by atoms with Crippen molar-refractivity contribution in [1.29, 1.82) is 0 Å². The predicted octanol–water partition coefficient (Wildman–Crippen LogP) is 2.75. The average Bonchev–Trinajstić information content (AvgIpc) is 2.45. The number of carbonyl (C=O) groups is 1. The molecule has 0 aromatic heterocycles. The Labute approximate surface area is 127 Å². The molecule has 7 heteroatoms. The van der Waals surface area contributed by atoms with E-state index in [1.54, 1.807) is 6.07 Å². The van der Waals surface area contributed by atoms with Crippen molar-refractivity contribution in [2.45, 2.75) is 25.1 Å². The third kappa shape index (κ3) is 4.13. The molecule has 1 amide bonds. The molecule has 0 radical (unpaired) electrons. The van der Waals surface area contributed by atoms with Gasteiger partial charge in [0.2, 0.25) is 0 Å². The first-order valence-electron chi connectivity index (χ1n) is 7.10. The minimum absolute atomic E-state index is 0.0833. The Morgan fingerprint density at radius 2 is 1.91 bits per heavy atom. The molecule has 4 nitrogen and oxygen atoms in total. The number of hydrogen-bond acceptors (Lipinski definition) is 3. The van der Waals surface area contributed by atoms with Crippen molar-refractivity contribution >= 4 is 5.91 Å². The zero-order chi connectivity index (χ0) is 16.3. The van der Waals surface area contributed by atoms with E-state index in [2.05, 4.69) is 10.1 Å². The molecule has 1 saturated heterocycles. The highest BCUT2D eigenvalue weighted by atomic mass is 19.4. The van der Waals surface area contributed by atoms with E-state index in [0.717, 1.165) is 31.5 Å². The lowest BCUT2D eigenvalue weighted by molar-refractivity contribution is -0.274. The number of nitrogens with zero attached hydrogens (tertiary/aromatic N) is 1. The summed E-state index contributed by atoms with van der Waals surface area (Å²) < 4.78 is 41.9. The summed E-state index contributed by atoms with van der Waals surface area (Å²) in [5.41, 5.74) is 0.691. The number of amides is 1. The van der Waals surface area contributed by atoms with E-state index in [1.165, 1.54) is 31.1 Å². The number of alkyl halides is 3. The van der Waals surface area contributed by atoms with Gasteiger partial charge in [0, 0.05) is 14.1 Å². The van der Waals surface area contributed by atoms with E-state index >= 15 is 0 Å². The topological polar surface area (TPSA) is 41.6 Å². The Bertz CT molecular complexity index is 538. The van der Waals surface area contributed by atoms with Gasteiger partial charge in [-0.15, -0.1) is 13.2 Å². The standard InChI is InChI=1S/C15H19F3N2O2/c1-20(2)14(21)12-4-3-11(10-5-7-19-8-6-10)9-13(12)22-15(16,17)18/h3-4,9-10,19H,5-8H2,1-2H3. The van der Waals surface area contributed by atoms with Crippen LogP contribution in [0.1, 0.15) is 34.7 Å². The molecule has 1 aliphatic heterocycles. The molecule has 122 valence electrons. The van der Waals surface area contributed by atoms with Crippen molar-refractivity contribution in [3.63, 3.8) is 0 Å². The van der Waals surface area contributed by atoms with Crippen LogP contribution in [0.15, 0.2) is 18.2 Å². The Hall–Kier alpha value is -1.76. The maximum Gasteiger partial charge on any atom is 0.573 e. The Kier molecular flexibility index (Phi) is 4.95. The van der Waals surface area contributed by atoms with Crippen LogP contribution in [0.25, 0.3) is 0 Å². The van der Waals surface area contributed by atoms with Gasteiger partial charge in [0.25, 0.3) is 5.91 Å². The van der Waals surface area contributed by atoms with E-state index in [9.17, 15) is 18.0 Å². The Morgan fingerprint density at radius 1 is 1.27 bits per heavy atom. The van der Waals surface area contributed by atoms with Crippen LogP contribution in [0.2, 0.25) is 0 Å². The van der Waals surface area contributed by atoms with Crippen LogP contribution in [-0.2, 0) is 0 Å². The van der Waals surface area contributed by atoms with Crippen LogP contribution in [0.3, 0.4) is 0 Å². The van der Waals surface area contributed by atoms with Crippen LogP contribution in [0.4, 0.5) is 13.2 Å². The lowest BCUT2D eigenvalue weighted by Gasteiger charge is -2.24. The Morgan fingerprint density at radius 3 is 2.45 bits per heavy atom. The first-order valence-corrected chi connectivity index (χ1v) is 7.10. The van der Waals surface area contributed by atoms with Crippen LogP contribution in [-0.4, -0.2) is 44.4 Å². The molecule has 1 aliphatic rings. The second kappa shape index (κ2) is 6.56. The smallest absolute Gasteiger partial charge is 0.405 e. The number of ether oxygens (including phenoxy) is 1. The molecule has 0 atom stereocenters. The van der Waals surface area contributed by atoms with Gasteiger partial charge in [-0.25, -0.2) is 0 Å². The van der Waals surface area contributed by atoms with Crippen molar-refractivity contribution in [3.8, 4) is 5.75 Å². The normalized spacial score (nSPS) is 16.4. The van der Waals surface area contributed by atoms with Crippen LogP contribution in [0.5, 0.6) is 5.75 Å². The SMILES string of the molecule is CN(C)C(=O)c1ccc(C2CCNCC2)cc1OC(F)(F)F. The molecular weight excluding hydrogens is 297 g/mol. The minimum Gasteiger partial charge on any atom is -0.405 e. The molecule has 1 heterocycles. The van der Waals surface area contributed by atoms with Gasteiger partial charge in [0.1, 0.15) is 5.75 Å². The van der Waals surface area contributed by atoms with Gasteiger partial charge in [-0.1, -0.05) is 6.07 Å². The Balaban J connectivity index is 2.36. The van der Waals surface area contributed by atoms with Crippen LogP contribution >= 0.6 is 0 Å². The summed E-state index contributed by atoms with van der Waals surface area (Å²) in [5, 5.41) is 3.21. The molecular formula is C15H19F3N2O2. The van der Waals surface area contributed by atoms with Crippen molar-refractivity contribution in [2.24, 2.45) is 0 Å². The van der Waals surface area contributed by atoms with Gasteiger partial charge in [-0.2, -0.15) is 0 Å². The summed E-state index contributed by atoms with van der Waals surface area (Å²) in [6.07, 6.45) is -3.12. The molecule has 0 bridgehead atoms. The summed E-state index contributed by atoms with van der Waals surface area (Å²) in [6, 6.07) is 4.48. The minimum atomic E-state index is -4.83. The van der Waals surface area contributed by atoms with Crippen LogP contribution in [0, 0.1) is 0 Å². The molecule has 0 saturated carbocycles. The van der Waals surface area contributed by atoms with Gasteiger partial charge in [-0.3, -0.25) is 4.79 Å². The summed E-state index contributed by atoms with van der Waals surface area (Å²) >= 11 is 0. The second-order valence-electron chi connectivity index (χ2n) is 5.53. The average molecular weight is 316 g/mol. The molecule has 1 aromatic rings. The third-order valence-electron chi connectivity index (χ3n) is 3.68. The molecule has 1 N–H and O–H groups in total. The van der Waals surface area contributed by atoms with Gasteiger partial charge < -0.3 is 15.0 Å². The molecule has 0 spiro atoms. The quantitative estimate of drug-likeness (QED) is 0.932. The number of halogens is 3. The molecule has 0 unspecified atom stereocenters. The zero-order valence-electron chi connectivity index (χ0n) is 12.5. The van der Waals surface area contributed by atoms with Crippen molar-refractivity contribution in [3.05, 3.63) is 29.3 Å². The van der Waals surface area contributed by atoms with Crippen LogP contribution < -0.4 is 10.1 Å². The predicted molar refractivity (Wildman–Crippen MR) is 76.0 cm³/mol. The van der Waals surface area contributed by atoms with E-state index < -0.39 is 18.0 Å². The molecule has 22 heavy (non-hydrogen) atoms. The highest BCUT2D eigenvalue weighted by Gasteiger charge is 2.33. The highest BCUT2D eigenvalue weighted by Crippen LogP contribution is 2.33. The van der Waals surface area contributed by atoms with Crippen molar-refractivity contribution in [2.75, 3.05) is 27.2 Å². The zero-order valence-corrected chi connectivity index (χ0v) is 12.5. The van der Waals surface area contributed by atoms with Gasteiger partial charge in [-0.05, 0) is 49.5 Å². The first-order chi connectivity index (χ1) is 10.3. The number of benzene rings is 1. The number of hydrogen-bond donors (Lipinski definition) is 1. The number of carbonyl (C=O) groups excluding carboxylic acids is 1. The fraction of sp³-hybridized carbons (Fsp3) is 0.533. The number of rotatable bonds is 3. The lowest BCUT2D eigenvalue weighted by atomic mass is 9.89. The number of nitrogens with one attached hydrogen (secondary N) is 1. The maximum absolute atomic E-state index is 12.6. The number of piperidine rings is 1. The van der Waals surface area contributed by atoms with Gasteiger partial charge in [0.05, 0.1) is 5.56 Å². The van der Waals surface area contributed by atoms with E-state index in [1.807, 2.05) is 0 Å². The fourth-order valence-electron chi connectivity index (χ4n) is 2.57. The second-order valence-corrected chi connectivity index (χ2v) is 5.53. The monoisotopic (exact) mass is 316 g/mol. The van der Waals surface area contributed by atoms with Crippen molar-refractivity contribution < 1.29 is 22.7 Å². The summed E-state index contributed by atoms with van der Waals surface area (Å²) in [6.45, 7) is 1.66. The van der Waals surface area contributed by atoms with Gasteiger partial charge in [0.15, 0.2) is 0 Å². The van der Waals surface area contributed by atoms with E-state index in [-0.39, 0.29) is 11.5 Å². The molecule has 2 rings (SSSR count). The summed E-state index contributed by atoms with van der Waals surface area (Å²) in [7, 11) is 2.97. The summed E-state index contributed by atoms with van der Waals surface area (Å²) in [4.78, 5) is 13.2. The van der Waals surface area contributed by atoms with E-state index in [0.29, 0.717) is 0 Å². The van der Waals surface area contributed by atoms with E-state index in [4.69, 9.17) is 0 Å². The molecule has 1 fully saturated rings. The largest absolute Gasteiger partial charge is 0.573 e. The maximum atomic E-state index is 12.6. The first kappa shape index (κ1) is 16.6. The highest BCUT2D eigenvalue weighted by molar-refractivity contribution is 5.96. The lowest BCUT2D eigenvalue weighted by Crippen LogP contribution is -2.27. The van der Waals surface area contributed by atoms with Crippen molar-refractivity contribution in [1.82, 2.24) is 10.2 Å². The third-order valence-corrected chi connectivity index (χ3v) is 3.68. The summed E-state index contributed by atoms with van der Waals surface area (Å²) in [5.74, 6) is -0.765. The molecule has 1 aromatic carbocycles.